The van der Waals surface area contributed by atoms with E-state index in [1.807, 2.05) is 41.8 Å². The van der Waals surface area contributed by atoms with E-state index in [0.717, 1.165) is 14.2 Å². The van der Waals surface area contributed by atoms with Gasteiger partial charge in [-0.15, -0.1) is 11.3 Å². The van der Waals surface area contributed by atoms with Crippen molar-refractivity contribution in [2.45, 2.75) is 9.46 Å². The van der Waals surface area contributed by atoms with E-state index >= 15 is 0 Å². The van der Waals surface area contributed by atoms with Gasteiger partial charge in [-0.25, -0.2) is 0 Å². The van der Waals surface area contributed by atoms with Gasteiger partial charge in [-0.05, 0) is 29.1 Å². The van der Waals surface area contributed by atoms with Crippen molar-refractivity contribution in [1.82, 2.24) is 0 Å². The number of amides is 1. The van der Waals surface area contributed by atoms with Crippen molar-refractivity contribution in [1.29, 1.82) is 0 Å². The van der Waals surface area contributed by atoms with Crippen LogP contribution in [-0.4, -0.2) is 5.91 Å². The van der Waals surface area contributed by atoms with Gasteiger partial charge in [0.1, 0.15) is 5.25 Å². The first-order valence-corrected chi connectivity index (χ1v) is 7.47. The summed E-state index contributed by atoms with van der Waals surface area (Å²) >= 11 is 6.47. The number of halogens is 1. The number of thiophene rings is 1. The van der Waals surface area contributed by atoms with Gasteiger partial charge in [-0.2, -0.15) is 0 Å². The first-order chi connectivity index (χ1) is 8.16. The van der Waals surface area contributed by atoms with Crippen molar-refractivity contribution in [3.8, 4) is 0 Å². The van der Waals surface area contributed by atoms with Gasteiger partial charge >= 0.3 is 0 Å². The number of carbonyl (C=O) groups excluding carboxylic acids is 1. The fourth-order valence-corrected chi connectivity index (χ4v) is 3.56. The topological polar surface area (TPSA) is 43.1 Å². The number of benzene rings is 1. The SMILES string of the molecule is NC(=O)[C@H](Sc1cccs1)c1ccc(Br)cc1. The minimum Gasteiger partial charge on any atom is -0.368 e. The minimum absolute atomic E-state index is 0.314. The van der Waals surface area contributed by atoms with Crippen LogP contribution in [0.25, 0.3) is 0 Å². The van der Waals surface area contributed by atoms with Crippen LogP contribution in [0.15, 0.2) is 50.5 Å². The van der Waals surface area contributed by atoms with Crippen molar-refractivity contribution in [2.75, 3.05) is 0 Å². The van der Waals surface area contributed by atoms with E-state index in [2.05, 4.69) is 15.9 Å². The number of rotatable bonds is 4. The van der Waals surface area contributed by atoms with E-state index < -0.39 is 0 Å². The van der Waals surface area contributed by atoms with Crippen LogP contribution in [-0.2, 0) is 4.79 Å². The maximum Gasteiger partial charge on any atom is 0.235 e. The first-order valence-electron chi connectivity index (χ1n) is 4.92. The van der Waals surface area contributed by atoms with Crippen LogP contribution >= 0.6 is 39.0 Å². The number of carbonyl (C=O) groups is 1. The van der Waals surface area contributed by atoms with Crippen molar-refractivity contribution in [3.63, 3.8) is 0 Å². The standard InChI is InChI=1S/C12H10BrNOS2/c13-9-5-3-8(4-6-9)11(12(14)15)17-10-2-1-7-16-10/h1-7,11H,(H2,14,15)/t11-/m1/s1. The molecule has 2 N–H and O–H groups in total. The molecule has 1 aromatic heterocycles. The van der Waals surface area contributed by atoms with Crippen molar-refractivity contribution in [3.05, 3.63) is 51.8 Å². The van der Waals surface area contributed by atoms with E-state index in [1.165, 1.54) is 11.8 Å². The van der Waals surface area contributed by atoms with Crippen molar-refractivity contribution >= 4 is 44.9 Å². The van der Waals surface area contributed by atoms with E-state index in [0.29, 0.717) is 0 Å². The van der Waals surface area contributed by atoms with Crippen molar-refractivity contribution in [2.24, 2.45) is 5.73 Å². The molecule has 1 atom stereocenters. The summed E-state index contributed by atoms with van der Waals surface area (Å²) in [5, 5.41) is 1.66. The molecule has 1 amide bonds. The molecule has 0 aliphatic carbocycles. The van der Waals surface area contributed by atoms with Gasteiger partial charge in [0, 0.05) is 4.47 Å². The molecule has 0 saturated heterocycles. The monoisotopic (exact) mass is 327 g/mol. The van der Waals surface area contributed by atoms with Crippen LogP contribution < -0.4 is 5.73 Å². The average Bonchev–Trinajstić information content (AvgIpc) is 2.80. The largest absolute Gasteiger partial charge is 0.368 e. The van der Waals surface area contributed by atoms with Crippen LogP contribution in [0.2, 0.25) is 0 Å². The molecule has 5 heteroatoms. The lowest BCUT2D eigenvalue weighted by Crippen LogP contribution is -2.18. The number of hydrogen-bond donors (Lipinski definition) is 1. The van der Waals surface area contributed by atoms with Gasteiger partial charge in [-0.3, -0.25) is 4.79 Å². The Kier molecular flexibility index (Phi) is 4.25. The normalized spacial score (nSPS) is 12.3. The van der Waals surface area contributed by atoms with E-state index in [1.54, 1.807) is 11.3 Å². The Morgan fingerprint density at radius 3 is 2.53 bits per heavy atom. The van der Waals surface area contributed by atoms with E-state index in [4.69, 9.17) is 5.73 Å². The Morgan fingerprint density at radius 2 is 2.00 bits per heavy atom. The highest BCUT2D eigenvalue weighted by molar-refractivity contribution is 9.10. The third-order valence-corrected chi connectivity index (χ3v) is 5.04. The molecule has 88 valence electrons. The predicted molar refractivity (Wildman–Crippen MR) is 76.3 cm³/mol. The summed E-state index contributed by atoms with van der Waals surface area (Å²) in [7, 11) is 0. The third-order valence-electron chi connectivity index (χ3n) is 2.16. The van der Waals surface area contributed by atoms with Gasteiger partial charge < -0.3 is 5.73 Å². The second-order valence-electron chi connectivity index (χ2n) is 3.38. The molecule has 2 nitrogen and oxygen atoms in total. The fourth-order valence-electron chi connectivity index (χ4n) is 1.37. The molecule has 0 fully saturated rings. The molecule has 0 unspecified atom stereocenters. The summed E-state index contributed by atoms with van der Waals surface area (Å²) in [6.45, 7) is 0. The number of thioether (sulfide) groups is 1. The average molecular weight is 328 g/mol. The maximum atomic E-state index is 11.5. The summed E-state index contributed by atoms with van der Waals surface area (Å²) in [5.41, 5.74) is 6.39. The molecule has 1 aromatic carbocycles. The molecule has 0 bridgehead atoms. The Labute approximate surface area is 116 Å². The van der Waals surface area contributed by atoms with E-state index in [9.17, 15) is 4.79 Å². The lowest BCUT2D eigenvalue weighted by atomic mass is 10.1. The molecule has 0 radical (unpaired) electrons. The Bertz CT molecular complexity index is 496. The van der Waals surface area contributed by atoms with Crippen LogP contribution in [0.5, 0.6) is 0 Å². The molecule has 17 heavy (non-hydrogen) atoms. The quantitative estimate of drug-likeness (QED) is 0.867. The van der Waals surface area contributed by atoms with Crippen molar-refractivity contribution < 1.29 is 4.79 Å². The van der Waals surface area contributed by atoms with Gasteiger partial charge in [0.2, 0.25) is 5.91 Å². The molecule has 1 heterocycles. The number of nitrogens with two attached hydrogens (primary N) is 1. The molecule has 0 spiro atoms. The molecule has 0 saturated carbocycles. The number of primary amides is 1. The predicted octanol–water partition coefficient (Wildman–Crippen LogP) is 3.83. The zero-order valence-electron chi connectivity index (χ0n) is 8.80. The highest BCUT2D eigenvalue weighted by Gasteiger charge is 2.19. The highest BCUT2D eigenvalue weighted by Crippen LogP contribution is 2.37. The number of hydrogen-bond acceptors (Lipinski definition) is 3. The zero-order valence-corrected chi connectivity index (χ0v) is 12.0. The van der Waals surface area contributed by atoms with E-state index in [-0.39, 0.29) is 11.2 Å². The second kappa shape index (κ2) is 5.71. The zero-order chi connectivity index (χ0) is 12.3. The first kappa shape index (κ1) is 12.7. The third kappa shape index (κ3) is 3.34. The molecular formula is C12H10BrNOS2. The smallest absolute Gasteiger partial charge is 0.235 e. The summed E-state index contributed by atoms with van der Waals surface area (Å²) in [4.78, 5) is 11.5. The molecule has 0 aliphatic rings. The second-order valence-corrected chi connectivity index (χ2v) is 6.65. The minimum atomic E-state index is -0.332. The van der Waals surface area contributed by atoms with Gasteiger partial charge in [-0.1, -0.05) is 45.9 Å². The molecule has 2 rings (SSSR count). The lowest BCUT2D eigenvalue weighted by Gasteiger charge is -2.12. The summed E-state index contributed by atoms with van der Waals surface area (Å²) in [6.07, 6.45) is 0. The Balaban J connectivity index is 2.23. The Morgan fingerprint density at radius 1 is 1.29 bits per heavy atom. The molecule has 2 aromatic rings. The maximum absolute atomic E-state index is 11.5. The summed E-state index contributed by atoms with van der Waals surface area (Å²) < 4.78 is 2.09. The summed E-state index contributed by atoms with van der Waals surface area (Å²) in [6, 6.07) is 11.6. The van der Waals surface area contributed by atoms with Gasteiger partial charge in [0.05, 0.1) is 4.21 Å². The van der Waals surface area contributed by atoms with Crippen LogP contribution in [0.4, 0.5) is 0 Å². The Hall–Kier alpha value is -0.780. The lowest BCUT2D eigenvalue weighted by molar-refractivity contribution is -0.117. The fraction of sp³-hybridized carbons (Fsp3) is 0.0833. The van der Waals surface area contributed by atoms with Gasteiger partial charge in [0.15, 0.2) is 0 Å². The summed E-state index contributed by atoms with van der Waals surface area (Å²) in [5.74, 6) is -0.314. The molecule has 0 aliphatic heterocycles. The molecular weight excluding hydrogens is 318 g/mol. The van der Waals surface area contributed by atoms with Crippen LogP contribution in [0.1, 0.15) is 10.8 Å². The van der Waals surface area contributed by atoms with Gasteiger partial charge in [0.25, 0.3) is 0 Å². The van der Waals surface area contributed by atoms with Crippen LogP contribution in [0, 0.1) is 0 Å². The van der Waals surface area contributed by atoms with Crippen LogP contribution in [0.3, 0.4) is 0 Å². The highest BCUT2D eigenvalue weighted by atomic mass is 79.9.